The van der Waals surface area contributed by atoms with Crippen molar-refractivity contribution in [3.8, 4) is 5.75 Å². The second kappa shape index (κ2) is 8.50. The van der Waals surface area contributed by atoms with Crippen LogP contribution in [0.2, 0.25) is 0 Å². The van der Waals surface area contributed by atoms with E-state index in [2.05, 4.69) is 18.2 Å². The Morgan fingerprint density at radius 2 is 1.86 bits per heavy atom. The predicted molar refractivity (Wildman–Crippen MR) is 84.5 cm³/mol. The minimum absolute atomic E-state index is 0.158. The molecule has 1 N–H and O–H groups in total. The summed E-state index contributed by atoms with van der Waals surface area (Å²) in [5, 5.41) is 8.57. The molecule has 0 unspecified atom stereocenters. The van der Waals surface area contributed by atoms with Crippen LogP contribution in [0.1, 0.15) is 56.9 Å². The molecule has 21 heavy (non-hydrogen) atoms. The van der Waals surface area contributed by atoms with Gasteiger partial charge in [-0.2, -0.15) is 0 Å². The van der Waals surface area contributed by atoms with Gasteiger partial charge in [0.1, 0.15) is 5.75 Å². The predicted octanol–water partition coefficient (Wildman–Crippen LogP) is 4.67. The van der Waals surface area contributed by atoms with Gasteiger partial charge in [0.05, 0.1) is 6.61 Å². The Morgan fingerprint density at radius 3 is 2.62 bits per heavy atom. The molecule has 0 heterocycles. The molecule has 0 aliphatic heterocycles. The fourth-order valence-corrected chi connectivity index (χ4v) is 2.63. The summed E-state index contributed by atoms with van der Waals surface area (Å²) in [6.07, 6.45) is 10.7. The van der Waals surface area contributed by atoms with E-state index in [1.54, 1.807) is 0 Å². The summed E-state index contributed by atoms with van der Waals surface area (Å²) in [4.78, 5) is 10.4. The zero-order valence-electron chi connectivity index (χ0n) is 12.5. The van der Waals surface area contributed by atoms with Gasteiger partial charge in [0.15, 0.2) is 0 Å². The molecule has 1 aliphatic rings. The first kappa shape index (κ1) is 15.6. The number of aliphatic carboxylic acids is 1. The molecule has 114 valence electrons. The van der Waals surface area contributed by atoms with E-state index in [1.165, 1.54) is 49.7 Å². The molecular formula is C18H24O3. The van der Waals surface area contributed by atoms with E-state index >= 15 is 0 Å². The highest BCUT2D eigenvalue weighted by Crippen LogP contribution is 2.26. The normalized spacial score (nSPS) is 15.7. The van der Waals surface area contributed by atoms with Crippen molar-refractivity contribution in [1.29, 1.82) is 0 Å². The fraction of sp³-hybridized carbons (Fsp3) is 0.500. The van der Waals surface area contributed by atoms with Crippen molar-refractivity contribution in [2.45, 2.75) is 51.4 Å². The van der Waals surface area contributed by atoms with E-state index in [0.29, 0.717) is 13.0 Å². The van der Waals surface area contributed by atoms with Crippen LogP contribution >= 0.6 is 0 Å². The standard InChI is InChI=1S/C18H24O3/c19-18(20)9-6-14-21-17-12-10-16(11-13-17)15-7-4-2-1-3-5-8-15/h7,10-13H,1-6,8-9,14H2,(H,19,20). The first-order valence-corrected chi connectivity index (χ1v) is 7.90. The summed E-state index contributed by atoms with van der Waals surface area (Å²) in [5.74, 6) is 0.0424. The Kier molecular flexibility index (Phi) is 6.32. The molecule has 0 amide bonds. The lowest BCUT2D eigenvalue weighted by Crippen LogP contribution is -2.02. The van der Waals surface area contributed by atoms with Crippen LogP contribution in [0.25, 0.3) is 5.57 Å². The Hall–Kier alpha value is -1.77. The molecular weight excluding hydrogens is 264 g/mol. The van der Waals surface area contributed by atoms with Crippen molar-refractivity contribution in [3.05, 3.63) is 35.9 Å². The number of carboxylic acid groups (broad SMARTS) is 1. The molecule has 1 aromatic rings. The van der Waals surface area contributed by atoms with Gasteiger partial charge in [-0.3, -0.25) is 4.79 Å². The molecule has 1 aromatic carbocycles. The first-order valence-electron chi connectivity index (χ1n) is 7.90. The fourth-order valence-electron chi connectivity index (χ4n) is 2.63. The Bertz CT molecular complexity index is 474. The minimum Gasteiger partial charge on any atom is -0.494 e. The minimum atomic E-state index is -0.773. The first-order chi connectivity index (χ1) is 10.3. The van der Waals surface area contributed by atoms with E-state index in [4.69, 9.17) is 9.84 Å². The summed E-state index contributed by atoms with van der Waals surface area (Å²) in [5.41, 5.74) is 2.74. The molecule has 0 spiro atoms. The van der Waals surface area contributed by atoms with Gasteiger partial charge in [-0.25, -0.2) is 0 Å². The molecule has 3 nitrogen and oxygen atoms in total. The summed E-state index contributed by atoms with van der Waals surface area (Å²) >= 11 is 0. The molecule has 0 radical (unpaired) electrons. The number of carbonyl (C=O) groups is 1. The topological polar surface area (TPSA) is 46.5 Å². The molecule has 2 rings (SSSR count). The maximum atomic E-state index is 10.4. The van der Waals surface area contributed by atoms with E-state index in [0.717, 1.165) is 5.75 Å². The lowest BCUT2D eigenvalue weighted by Gasteiger charge is -2.12. The van der Waals surface area contributed by atoms with Crippen LogP contribution < -0.4 is 4.74 Å². The summed E-state index contributed by atoms with van der Waals surface area (Å²) < 4.78 is 5.56. The van der Waals surface area contributed by atoms with Gasteiger partial charge >= 0.3 is 5.97 Å². The van der Waals surface area contributed by atoms with Gasteiger partial charge in [-0.15, -0.1) is 0 Å². The van der Waals surface area contributed by atoms with E-state index in [1.807, 2.05) is 12.1 Å². The second-order valence-corrected chi connectivity index (χ2v) is 5.55. The van der Waals surface area contributed by atoms with Gasteiger partial charge in [-0.1, -0.05) is 31.1 Å². The van der Waals surface area contributed by atoms with Gasteiger partial charge in [0.2, 0.25) is 0 Å². The highest BCUT2D eigenvalue weighted by Gasteiger charge is 2.05. The number of benzene rings is 1. The number of allylic oxidation sites excluding steroid dienone is 2. The third-order valence-corrected chi connectivity index (χ3v) is 3.82. The monoisotopic (exact) mass is 288 g/mol. The molecule has 1 aliphatic carbocycles. The average molecular weight is 288 g/mol. The largest absolute Gasteiger partial charge is 0.494 e. The summed E-state index contributed by atoms with van der Waals surface area (Å²) in [7, 11) is 0. The van der Waals surface area contributed by atoms with Gasteiger partial charge in [0, 0.05) is 6.42 Å². The third kappa shape index (κ3) is 5.62. The van der Waals surface area contributed by atoms with Crippen LogP contribution in [0.5, 0.6) is 5.75 Å². The van der Waals surface area contributed by atoms with E-state index in [9.17, 15) is 4.79 Å². The molecule has 0 saturated heterocycles. The Morgan fingerprint density at radius 1 is 1.10 bits per heavy atom. The van der Waals surface area contributed by atoms with Crippen LogP contribution in [-0.4, -0.2) is 17.7 Å². The van der Waals surface area contributed by atoms with Gasteiger partial charge < -0.3 is 9.84 Å². The quantitative estimate of drug-likeness (QED) is 0.774. The average Bonchev–Trinajstić information content (AvgIpc) is 2.44. The smallest absolute Gasteiger partial charge is 0.303 e. The highest BCUT2D eigenvalue weighted by molar-refractivity contribution is 5.66. The Balaban J connectivity index is 1.87. The number of rotatable bonds is 6. The van der Waals surface area contributed by atoms with Crippen molar-refractivity contribution in [2.75, 3.05) is 6.61 Å². The lowest BCUT2D eigenvalue weighted by molar-refractivity contribution is -0.137. The lowest BCUT2D eigenvalue weighted by atomic mass is 9.95. The van der Waals surface area contributed by atoms with Gasteiger partial charge in [-0.05, 0) is 55.4 Å². The van der Waals surface area contributed by atoms with Crippen LogP contribution in [-0.2, 0) is 4.79 Å². The van der Waals surface area contributed by atoms with Crippen molar-refractivity contribution < 1.29 is 14.6 Å². The van der Waals surface area contributed by atoms with Crippen LogP contribution in [0, 0.1) is 0 Å². The van der Waals surface area contributed by atoms with E-state index in [-0.39, 0.29) is 6.42 Å². The molecule has 0 aromatic heterocycles. The Labute approximate surface area is 126 Å². The highest BCUT2D eigenvalue weighted by atomic mass is 16.5. The molecule has 0 bridgehead atoms. The van der Waals surface area contributed by atoms with Crippen molar-refractivity contribution in [2.24, 2.45) is 0 Å². The second-order valence-electron chi connectivity index (χ2n) is 5.55. The van der Waals surface area contributed by atoms with Crippen molar-refractivity contribution in [3.63, 3.8) is 0 Å². The zero-order valence-corrected chi connectivity index (χ0v) is 12.5. The van der Waals surface area contributed by atoms with Gasteiger partial charge in [0.25, 0.3) is 0 Å². The van der Waals surface area contributed by atoms with Crippen LogP contribution in [0.4, 0.5) is 0 Å². The molecule has 0 saturated carbocycles. The third-order valence-electron chi connectivity index (χ3n) is 3.82. The summed E-state index contributed by atoms with van der Waals surface area (Å²) in [6.45, 7) is 0.453. The van der Waals surface area contributed by atoms with Crippen LogP contribution in [0.3, 0.4) is 0 Å². The zero-order chi connectivity index (χ0) is 14.9. The molecule has 0 fully saturated rings. The molecule has 3 heteroatoms. The maximum Gasteiger partial charge on any atom is 0.303 e. The van der Waals surface area contributed by atoms with E-state index < -0.39 is 5.97 Å². The number of carboxylic acids is 1. The number of ether oxygens (including phenoxy) is 1. The maximum absolute atomic E-state index is 10.4. The van der Waals surface area contributed by atoms with Crippen LogP contribution in [0.15, 0.2) is 30.3 Å². The molecule has 0 atom stereocenters. The number of hydrogen-bond acceptors (Lipinski definition) is 2. The SMILES string of the molecule is O=C(O)CCCOc1ccc(C2=CCCCCCC2)cc1. The van der Waals surface area contributed by atoms with Crippen molar-refractivity contribution in [1.82, 2.24) is 0 Å². The number of hydrogen-bond donors (Lipinski definition) is 1. The van der Waals surface area contributed by atoms with Crippen molar-refractivity contribution >= 4 is 11.5 Å². The summed E-state index contributed by atoms with van der Waals surface area (Å²) in [6, 6.07) is 8.19.